The third-order valence-electron chi connectivity index (χ3n) is 3.06. The Kier molecular flexibility index (Phi) is 59.3. The van der Waals surface area contributed by atoms with Gasteiger partial charge in [0.25, 0.3) is 0 Å². The van der Waals surface area contributed by atoms with Crippen LogP contribution in [0.2, 0.25) is 0 Å². The Morgan fingerprint density at radius 2 is 1.50 bits per heavy atom. The first-order chi connectivity index (χ1) is 12.5. The molecule has 0 unspecified atom stereocenters. The quantitative estimate of drug-likeness (QED) is 0.474. The highest BCUT2D eigenvalue weighted by atomic mass is 31.0. The van der Waals surface area contributed by atoms with Crippen LogP contribution in [0.25, 0.3) is 0 Å². The summed E-state index contributed by atoms with van der Waals surface area (Å²) in [6, 6.07) is 6.03. The lowest BCUT2D eigenvalue weighted by molar-refractivity contribution is -0.255. The first-order valence-corrected chi connectivity index (χ1v) is 8.82. The second kappa shape index (κ2) is 36.4. The SMILES string of the molecule is C.C.C.C.C.C.CC.CN=P.COCCN1CCCC1=O.COc1ccc(C(=O)[O-])cc1. The number of hydrogen-bond donors (Lipinski definition) is 0. The highest BCUT2D eigenvalue weighted by molar-refractivity contribution is 7.03. The summed E-state index contributed by atoms with van der Waals surface area (Å²) >= 11 is 0. The number of nitrogens with zero attached hydrogens (tertiary/aromatic N) is 2. The number of aromatic carboxylic acids is 1. The summed E-state index contributed by atoms with van der Waals surface area (Å²) in [5.41, 5.74) is 0.158. The van der Waals surface area contributed by atoms with Crippen LogP contribution in [0.5, 0.6) is 5.75 Å². The second-order valence-electron chi connectivity index (χ2n) is 4.72. The molecule has 0 aromatic heterocycles. The molecule has 0 aliphatic carbocycles. The molecule has 1 aromatic carbocycles. The fraction of sp³-hybridized carbons (Fsp3) is 0.667. The number of carboxylic acids is 1. The summed E-state index contributed by atoms with van der Waals surface area (Å²) in [5.74, 6) is -0.264. The van der Waals surface area contributed by atoms with Gasteiger partial charge in [-0.1, -0.05) is 58.4 Å². The summed E-state index contributed by atoms with van der Waals surface area (Å²) in [5, 5.41) is 10.2. The normalized spacial score (nSPS) is 9.53. The first-order valence-electron chi connectivity index (χ1n) is 8.37. The van der Waals surface area contributed by atoms with E-state index in [0.717, 1.165) is 25.9 Å². The summed E-state index contributed by atoms with van der Waals surface area (Å²) in [7, 11) is 7.65. The number of hydrogen-bond acceptors (Lipinski definition) is 6. The number of methoxy groups -OCH3 is 2. The molecule has 0 spiro atoms. The number of carbonyl (C=O) groups is 2. The Morgan fingerprint density at radius 1 is 1.06 bits per heavy atom. The van der Waals surface area contributed by atoms with Gasteiger partial charge in [-0.3, -0.25) is 9.54 Å². The molecule has 32 heavy (non-hydrogen) atoms. The van der Waals surface area contributed by atoms with Gasteiger partial charge in [-0.05, 0) is 45.3 Å². The minimum absolute atomic E-state index is 0. The van der Waals surface area contributed by atoms with E-state index in [9.17, 15) is 14.7 Å². The van der Waals surface area contributed by atoms with Crippen molar-refractivity contribution in [3.8, 4) is 5.75 Å². The van der Waals surface area contributed by atoms with Crippen molar-refractivity contribution in [2.24, 2.45) is 4.74 Å². The average molecular weight is 482 g/mol. The predicted molar refractivity (Wildman–Crippen MR) is 143 cm³/mol. The molecule has 196 valence electrons. The lowest BCUT2D eigenvalue weighted by Crippen LogP contribution is -2.28. The Hall–Kier alpha value is -1.98. The number of amides is 1. The standard InChI is InChI=1S/C8H8O3.C7H13NO2.C2H6.CH4NP.6CH4/c1-11-7-4-2-6(3-5-7)8(9)10;1-10-6-5-8-4-2-3-7(8)9;1-2;1-2-3;;;;;;/h2-5H,1H3,(H,9,10);2-6H2,1H3;1-2H3;3H,1H3;6*1H4/p-1. The van der Waals surface area contributed by atoms with Crippen LogP contribution in [0.15, 0.2) is 29.0 Å². The summed E-state index contributed by atoms with van der Waals surface area (Å²) < 4.78 is 13.0. The number of benzene rings is 1. The Labute approximate surface area is 202 Å². The van der Waals surface area contributed by atoms with Crippen molar-refractivity contribution in [2.75, 3.05) is 41.0 Å². The molecule has 1 heterocycles. The third kappa shape index (κ3) is 26.1. The van der Waals surface area contributed by atoms with Gasteiger partial charge in [0.05, 0.1) is 19.7 Å². The number of ether oxygens (including phenoxy) is 2. The van der Waals surface area contributed by atoms with Crippen molar-refractivity contribution in [1.82, 2.24) is 4.90 Å². The number of rotatable bonds is 5. The molecule has 1 aromatic rings. The maximum Gasteiger partial charge on any atom is 0.222 e. The molecule has 1 aliphatic rings. The van der Waals surface area contributed by atoms with Gasteiger partial charge in [-0.25, -0.2) is 0 Å². The van der Waals surface area contributed by atoms with E-state index in [1.807, 2.05) is 18.7 Å². The van der Waals surface area contributed by atoms with Crippen LogP contribution in [-0.4, -0.2) is 57.7 Å². The summed E-state index contributed by atoms with van der Waals surface area (Å²) in [6.45, 7) is 6.34. The van der Waals surface area contributed by atoms with E-state index in [4.69, 9.17) is 9.47 Å². The minimum Gasteiger partial charge on any atom is -0.545 e. The maximum atomic E-state index is 11.0. The van der Waals surface area contributed by atoms with Crippen LogP contribution >= 0.6 is 9.03 Å². The van der Waals surface area contributed by atoms with Gasteiger partial charge in [-0.15, -0.1) is 0 Å². The van der Waals surface area contributed by atoms with Gasteiger partial charge >= 0.3 is 0 Å². The van der Waals surface area contributed by atoms with E-state index < -0.39 is 5.97 Å². The van der Waals surface area contributed by atoms with Gasteiger partial charge in [0.1, 0.15) is 5.75 Å². The molecular weight excluding hydrogens is 427 g/mol. The van der Waals surface area contributed by atoms with E-state index >= 15 is 0 Å². The molecule has 0 N–H and O–H groups in total. The largest absolute Gasteiger partial charge is 0.545 e. The van der Waals surface area contributed by atoms with Crippen molar-refractivity contribution >= 4 is 20.9 Å². The van der Waals surface area contributed by atoms with E-state index in [2.05, 4.69) is 13.8 Å². The van der Waals surface area contributed by atoms with E-state index in [0.29, 0.717) is 12.4 Å². The van der Waals surface area contributed by atoms with Crippen molar-refractivity contribution < 1.29 is 24.2 Å². The molecule has 0 bridgehead atoms. The molecule has 0 radical (unpaired) electrons. The molecule has 1 saturated heterocycles. The zero-order valence-electron chi connectivity index (χ0n) is 16.3. The maximum absolute atomic E-state index is 11.0. The minimum atomic E-state index is -1.17. The monoisotopic (exact) mass is 481 g/mol. The topological polar surface area (TPSA) is 91.3 Å². The lowest BCUT2D eigenvalue weighted by Gasteiger charge is -2.13. The molecule has 7 nitrogen and oxygen atoms in total. The van der Waals surface area contributed by atoms with Crippen LogP contribution in [0.3, 0.4) is 0 Å². The van der Waals surface area contributed by atoms with Gasteiger partial charge in [-0.2, -0.15) is 0 Å². The fourth-order valence-electron chi connectivity index (χ4n) is 1.87. The third-order valence-corrected chi connectivity index (χ3v) is 3.06. The fourth-order valence-corrected chi connectivity index (χ4v) is 1.87. The number of carboxylic acid groups (broad SMARTS) is 1. The van der Waals surface area contributed by atoms with E-state index in [1.54, 1.807) is 26.3 Å². The van der Waals surface area contributed by atoms with Crippen molar-refractivity contribution in [2.45, 2.75) is 71.2 Å². The summed E-state index contributed by atoms with van der Waals surface area (Å²) in [4.78, 5) is 23.0. The molecule has 1 amide bonds. The predicted octanol–water partition coefficient (Wildman–Crippen LogP) is 6.10. The average Bonchev–Trinajstić information content (AvgIpc) is 3.07. The van der Waals surface area contributed by atoms with Gasteiger partial charge in [0, 0.05) is 33.7 Å². The molecule has 2 rings (SSSR count). The molecule has 0 atom stereocenters. The number of carbonyl (C=O) groups excluding carboxylic acids is 2. The van der Waals surface area contributed by atoms with Crippen LogP contribution in [-0.2, 0) is 9.53 Å². The van der Waals surface area contributed by atoms with Crippen LogP contribution < -0.4 is 9.84 Å². The molecule has 1 fully saturated rings. The first kappa shape index (κ1) is 52.1. The van der Waals surface area contributed by atoms with E-state index in [1.165, 1.54) is 19.2 Å². The highest BCUT2D eigenvalue weighted by Crippen LogP contribution is 2.10. The lowest BCUT2D eigenvalue weighted by atomic mass is 10.2. The van der Waals surface area contributed by atoms with Crippen LogP contribution in [0.1, 0.15) is 81.6 Å². The summed E-state index contributed by atoms with van der Waals surface area (Å²) in [6.07, 6.45) is 1.74. The second-order valence-corrected chi connectivity index (χ2v) is 5.16. The molecular formula is C24H54N2O5P-. The van der Waals surface area contributed by atoms with Gasteiger partial charge in [0.15, 0.2) is 0 Å². The smallest absolute Gasteiger partial charge is 0.222 e. The molecule has 8 heteroatoms. The van der Waals surface area contributed by atoms with Crippen molar-refractivity contribution in [1.29, 1.82) is 0 Å². The van der Waals surface area contributed by atoms with E-state index in [-0.39, 0.29) is 56.0 Å². The Balaban J connectivity index is -0.0000000432. The van der Waals surface area contributed by atoms with Crippen LogP contribution in [0, 0.1) is 0 Å². The Morgan fingerprint density at radius 3 is 1.78 bits per heavy atom. The van der Waals surface area contributed by atoms with Crippen molar-refractivity contribution in [3.05, 3.63) is 29.8 Å². The number of likely N-dealkylation sites (tertiary alicyclic amines) is 1. The van der Waals surface area contributed by atoms with Crippen LogP contribution in [0.4, 0.5) is 0 Å². The zero-order chi connectivity index (χ0) is 20.4. The zero-order valence-corrected chi connectivity index (χ0v) is 17.3. The van der Waals surface area contributed by atoms with Gasteiger partial charge in [0.2, 0.25) is 5.91 Å². The Bertz CT molecular complexity index is 512. The van der Waals surface area contributed by atoms with Gasteiger partial charge < -0.3 is 24.3 Å². The van der Waals surface area contributed by atoms with Crippen molar-refractivity contribution in [3.63, 3.8) is 0 Å². The highest BCUT2D eigenvalue weighted by Gasteiger charge is 2.18. The molecule has 1 aliphatic heterocycles. The molecule has 0 saturated carbocycles.